The highest BCUT2D eigenvalue weighted by atomic mass is 32.2. The van der Waals surface area contributed by atoms with Crippen LogP contribution in [0.1, 0.15) is 17.7 Å². The lowest BCUT2D eigenvalue weighted by Gasteiger charge is -2.15. The maximum Gasteiger partial charge on any atom is 0.349 e. The van der Waals surface area contributed by atoms with Gasteiger partial charge in [-0.15, -0.1) is 0 Å². The van der Waals surface area contributed by atoms with Gasteiger partial charge in [0.1, 0.15) is 10.8 Å². The predicted molar refractivity (Wildman–Crippen MR) is 111 cm³/mol. The second kappa shape index (κ2) is 9.25. The fourth-order valence-corrected chi connectivity index (χ4v) is 4.22. The maximum atomic E-state index is 12.5. The predicted octanol–water partition coefficient (Wildman–Crippen LogP) is 0.616. The first kappa shape index (κ1) is 20.4. The van der Waals surface area contributed by atoms with Crippen LogP contribution in [0.5, 0.6) is 5.75 Å². The third kappa shape index (κ3) is 4.74. The molecule has 7 nitrogen and oxygen atoms in total. The highest BCUT2D eigenvalue weighted by molar-refractivity contribution is 8.00. The van der Waals surface area contributed by atoms with Gasteiger partial charge in [-0.2, -0.15) is 4.98 Å². The SMILES string of the molecule is COc1ccccc1NC(=O)CSc1nc(=O)n(CC[NH+](C)C)c2c1CCC2. The largest absolute Gasteiger partial charge is 0.495 e. The van der Waals surface area contributed by atoms with Gasteiger partial charge >= 0.3 is 5.69 Å². The number of para-hydroxylation sites is 2. The molecule has 0 saturated heterocycles. The zero-order chi connectivity index (χ0) is 20.1. The van der Waals surface area contributed by atoms with Crippen LogP contribution in [-0.2, 0) is 24.2 Å². The number of benzene rings is 1. The van der Waals surface area contributed by atoms with E-state index in [4.69, 9.17) is 4.74 Å². The van der Waals surface area contributed by atoms with E-state index in [2.05, 4.69) is 24.4 Å². The first-order valence-electron chi connectivity index (χ1n) is 9.47. The minimum atomic E-state index is -0.213. The van der Waals surface area contributed by atoms with Gasteiger partial charge in [-0.3, -0.25) is 9.36 Å². The van der Waals surface area contributed by atoms with Gasteiger partial charge in [0.05, 0.1) is 45.7 Å². The molecule has 1 aliphatic carbocycles. The topological polar surface area (TPSA) is 77.7 Å². The molecule has 0 aliphatic heterocycles. The highest BCUT2D eigenvalue weighted by Gasteiger charge is 2.22. The summed E-state index contributed by atoms with van der Waals surface area (Å²) in [5.41, 5.74) is 2.64. The molecule has 1 aromatic heterocycles. The van der Waals surface area contributed by atoms with Gasteiger partial charge in [-0.05, 0) is 31.4 Å². The van der Waals surface area contributed by atoms with Crippen LogP contribution in [0.25, 0.3) is 0 Å². The maximum absolute atomic E-state index is 12.5. The molecular weight excluding hydrogens is 376 g/mol. The molecule has 0 radical (unpaired) electrons. The number of ether oxygens (including phenoxy) is 1. The normalized spacial score (nSPS) is 12.9. The average molecular weight is 404 g/mol. The van der Waals surface area contributed by atoms with E-state index in [1.54, 1.807) is 19.2 Å². The third-order valence-corrected chi connectivity index (χ3v) is 5.77. The van der Waals surface area contributed by atoms with Gasteiger partial charge in [-0.25, -0.2) is 4.79 Å². The molecule has 28 heavy (non-hydrogen) atoms. The number of hydrogen-bond donors (Lipinski definition) is 2. The molecule has 0 bridgehead atoms. The molecule has 1 aliphatic rings. The van der Waals surface area contributed by atoms with E-state index in [-0.39, 0.29) is 17.3 Å². The molecule has 150 valence electrons. The number of quaternary nitrogens is 1. The summed E-state index contributed by atoms with van der Waals surface area (Å²) in [6, 6.07) is 7.29. The Bertz CT molecular complexity index is 911. The highest BCUT2D eigenvalue weighted by Crippen LogP contribution is 2.29. The Morgan fingerprint density at radius 3 is 2.86 bits per heavy atom. The summed E-state index contributed by atoms with van der Waals surface area (Å²) in [6.45, 7) is 1.55. The van der Waals surface area contributed by atoms with Gasteiger partial charge in [0.2, 0.25) is 5.91 Å². The molecule has 8 heteroatoms. The number of carbonyl (C=O) groups excluding carboxylic acids is 1. The number of fused-ring (bicyclic) bond motifs is 1. The Morgan fingerprint density at radius 2 is 2.11 bits per heavy atom. The van der Waals surface area contributed by atoms with Gasteiger partial charge in [0.15, 0.2) is 0 Å². The van der Waals surface area contributed by atoms with Crippen molar-refractivity contribution < 1.29 is 14.4 Å². The second-order valence-corrected chi connectivity index (χ2v) is 8.09. The smallest absolute Gasteiger partial charge is 0.349 e. The van der Waals surface area contributed by atoms with Crippen LogP contribution < -0.4 is 20.6 Å². The van der Waals surface area contributed by atoms with E-state index in [9.17, 15) is 9.59 Å². The Labute approximate surface area is 169 Å². The monoisotopic (exact) mass is 403 g/mol. The van der Waals surface area contributed by atoms with Crippen molar-refractivity contribution in [1.82, 2.24) is 9.55 Å². The molecule has 0 unspecified atom stereocenters. The van der Waals surface area contributed by atoms with Gasteiger partial charge in [0, 0.05) is 11.3 Å². The number of nitrogens with zero attached hydrogens (tertiary/aromatic N) is 2. The molecule has 1 heterocycles. The Kier molecular flexibility index (Phi) is 6.74. The second-order valence-electron chi connectivity index (χ2n) is 7.12. The minimum Gasteiger partial charge on any atom is -0.495 e. The summed E-state index contributed by atoms with van der Waals surface area (Å²) in [5, 5.41) is 3.56. The number of amides is 1. The number of methoxy groups -OCH3 is 1. The Hall–Kier alpha value is -2.32. The van der Waals surface area contributed by atoms with Gasteiger partial charge in [0.25, 0.3) is 0 Å². The van der Waals surface area contributed by atoms with E-state index in [1.807, 2.05) is 16.7 Å². The van der Waals surface area contributed by atoms with E-state index >= 15 is 0 Å². The number of rotatable bonds is 8. The molecule has 0 fully saturated rings. The molecule has 0 atom stereocenters. The molecule has 0 spiro atoms. The molecular formula is C20H27N4O3S+. The average Bonchev–Trinajstić information content (AvgIpc) is 3.15. The molecule has 0 saturated carbocycles. The first-order chi connectivity index (χ1) is 13.5. The molecule has 1 aromatic carbocycles. The summed E-state index contributed by atoms with van der Waals surface area (Å²) in [6.07, 6.45) is 2.83. The van der Waals surface area contributed by atoms with Crippen molar-refractivity contribution in [2.75, 3.05) is 38.8 Å². The lowest BCUT2D eigenvalue weighted by Crippen LogP contribution is -3.06. The Balaban J connectivity index is 1.71. The fraction of sp³-hybridized carbons (Fsp3) is 0.450. The molecule has 1 amide bonds. The van der Waals surface area contributed by atoms with Crippen LogP contribution in [0.15, 0.2) is 34.1 Å². The summed E-state index contributed by atoms with van der Waals surface area (Å²) in [7, 11) is 5.71. The van der Waals surface area contributed by atoms with Crippen molar-refractivity contribution in [1.29, 1.82) is 0 Å². The fourth-order valence-electron chi connectivity index (χ4n) is 3.34. The van der Waals surface area contributed by atoms with Crippen LogP contribution in [0.4, 0.5) is 5.69 Å². The van der Waals surface area contributed by atoms with E-state index in [1.165, 1.54) is 16.7 Å². The van der Waals surface area contributed by atoms with Crippen molar-refractivity contribution in [2.24, 2.45) is 0 Å². The molecule has 2 aromatic rings. The lowest BCUT2D eigenvalue weighted by molar-refractivity contribution is -0.859. The minimum absolute atomic E-state index is 0.150. The van der Waals surface area contributed by atoms with Crippen molar-refractivity contribution in [3.8, 4) is 5.75 Å². The summed E-state index contributed by atoms with van der Waals surface area (Å²) < 4.78 is 7.07. The van der Waals surface area contributed by atoms with Gasteiger partial charge < -0.3 is 15.0 Å². The number of carbonyl (C=O) groups is 1. The van der Waals surface area contributed by atoms with Crippen molar-refractivity contribution in [2.45, 2.75) is 30.8 Å². The number of nitrogens with one attached hydrogen (secondary N) is 2. The lowest BCUT2D eigenvalue weighted by atomic mass is 10.2. The molecule has 2 N–H and O–H groups in total. The van der Waals surface area contributed by atoms with Crippen molar-refractivity contribution >= 4 is 23.4 Å². The number of likely N-dealkylation sites (N-methyl/N-ethyl adjacent to an activating group) is 1. The third-order valence-electron chi connectivity index (χ3n) is 4.76. The first-order valence-corrected chi connectivity index (χ1v) is 10.5. The van der Waals surface area contributed by atoms with Crippen LogP contribution in [0.3, 0.4) is 0 Å². The van der Waals surface area contributed by atoms with E-state index in [0.717, 1.165) is 37.1 Å². The Morgan fingerprint density at radius 1 is 1.32 bits per heavy atom. The van der Waals surface area contributed by atoms with Crippen molar-refractivity contribution in [3.05, 3.63) is 46.0 Å². The number of anilines is 1. The number of hydrogen-bond acceptors (Lipinski definition) is 5. The summed E-state index contributed by atoms with van der Waals surface area (Å²) in [4.78, 5) is 30.5. The standard InChI is InChI=1S/C20H26N4O3S/c1-23(2)11-12-24-16-9-6-7-14(16)19(22-20(24)26)28-13-18(25)21-15-8-4-5-10-17(15)27-3/h4-5,8,10H,6-7,9,11-13H2,1-3H3,(H,21,25)/p+1. The van der Waals surface area contributed by atoms with Crippen LogP contribution in [0.2, 0.25) is 0 Å². The van der Waals surface area contributed by atoms with Crippen molar-refractivity contribution in [3.63, 3.8) is 0 Å². The quantitative estimate of drug-likeness (QED) is 0.499. The molecule has 3 rings (SSSR count). The van der Waals surface area contributed by atoms with Crippen LogP contribution in [-0.4, -0.2) is 49.0 Å². The van der Waals surface area contributed by atoms with Crippen LogP contribution >= 0.6 is 11.8 Å². The summed E-state index contributed by atoms with van der Waals surface area (Å²) >= 11 is 1.33. The zero-order valence-corrected chi connectivity index (χ0v) is 17.4. The summed E-state index contributed by atoms with van der Waals surface area (Å²) in [5.74, 6) is 0.664. The zero-order valence-electron chi connectivity index (χ0n) is 16.6. The number of aromatic nitrogens is 2. The number of thioether (sulfide) groups is 1. The van der Waals surface area contributed by atoms with E-state index < -0.39 is 0 Å². The van der Waals surface area contributed by atoms with E-state index in [0.29, 0.717) is 23.0 Å². The van der Waals surface area contributed by atoms with Crippen LogP contribution in [0, 0.1) is 0 Å². The van der Waals surface area contributed by atoms with Gasteiger partial charge in [-0.1, -0.05) is 23.9 Å².